The third-order valence-corrected chi connectivity index (χ3v) is 2.13. The molecule has 16 heavy (non-hydrogen) atoms. The average molecular weight is 227 g/mol. The maximum atomic E-state index is 11.3. The number of hydrogen-bond donors (Lipinski definition) is 1. The van der Waals surface area contributed by atoms with Crippen molar-refractivity contribution in [3.63, 3.8) is 0 Å². The summed E-state index contributed by atoms with van der Waals surface area (Å²) in [7, 11) is 0. The number of carbonyl (C=O) groups is 1. The Bertz CT molecular complexity index is 190. The molecule has 1 amide bonds. The van der Waals surface area contributed by atoms with Gasteiger partial charge in [0.05, 0.1) is 6.61 Å². The second kappa shape index (κ2) is 10.7. The van der Waals surface area contributed by atoms with Gasteiger partial charge in [-0.1, -0.05) is 18.9 Å². The molecule has 0 aliphatic carbocycles. The van der Waals surface area contributed by atoms with E-state index >= 15 is 0 Å². The summed E-state index contributed by atoms with van der Waals surface area (Å²) in [6.07, 6.45) is 6.68. The molecule has 0 aliphatic heterocycles. The number of rotatable bonds is 10. The van der Waals surface area contributed by atoms with Gasteiger partial charge in [0, 0.05) is 19.1 Å². The van der Waals surface area contributed by atoms with E-state index in [4.69, 9.17) is 4.74 Å². The smallest absolute Gasteiger partial charge is 0.220 e. The predicted octanol–water partition coefficient (Wildman–Crippen LogP) is 2.66. The van der Waals surface area contributed by atoms with E-state index < -0.39 is 0 Å². The highest BCUT2D eigenvalue weighted by Gasteiger charge is 2.01. The van der Waals surface area contributed by atoms with E-state index in [1.807, 2.05) is 13.8 Å². The Labute approximate surface area is 99.3 Å². The molecule has 0 unspecified atom stereocenters. The highest BCUT2D eigenvalue weighted by Crippen LogP contribution is 2.03. The molecule has 0 aromatic carbocycles. The Hall–Kier alpha value is -0.830. The van der Waals surface area contributed by atoms with E-state index in [1.54, 1.807) is 6.08 Å². The molecule has 3 nitrogen and oxygen atoms in total. The first-order valence-corrected chi connectivity index (χ1v) is 6.14. The van der Waals surface area contributed by atoms with Gasteiger partial charge in [-0.2, -0.15) is 0 Å². The Morgan fingerprint density at radius 3 is 2.62 bits per heavy atom. The summed E-state index contributed by atoms with van der Waals surface area (Å²) in [6, 6.07) is 0.250. The fourth-order valence-corrected chi connectivity index (χ4v) is 1.40. The van der Waals surface area contributed by atoms with Crippen LogP contribution in [0.3, 0.4) is 0 Å². The maximum Gasteiger partial charge on any atom is 0.220 e. The van der Waals surface area contributed by atoms with E-state index in [0.717, 1.165) is 32.3 Å². The molecule has 0 heterocycles. The SMILES string of the molecule is C=CCOCCCCCCC(=O)NC(C)C. The van der Waals surface area contributed by atoms with Crippen molar-refractivity contribution in [2.45, 2.75) is 52.0 Å². The van der Waals surface area contributed by atoms with E-state index in [1.165, 1.54) is 0 Å². The van der Waals surface area contributed by atoms with Gasteiger partial charge >= 0.3 is 0 Å². The lowest BCUT2D eigenvalue weighted by Crippen LogP contribution is -2.29. The Morgan fingerprint density at radius 1 is 1.31 bits per heavy atom. The lowest BCUT2D eigenvalue weighted by Gasteiger charge is -2.07. The zero-order valence-electron chi connectivity index (χ0n) is 10.6. The normalized spacial score (nSPS) is 10.4. The summed E-state index contributed by atoms with van der Waals surface area (Å²) in [6.45, 7) is 8.97. The molecule has 3 heteroatoms. The van der Waals surface area contributed by atoms with Crippen LogP contribution in [0.5, 0.6) is 0 Å². The van der Waals surface area contributed by atoms with Crippen molar-refractivity contribution in [3.8, 4) is 0 Å². The van der Waals surface area contributed by atoms with Gasteiger partial charge in [-0.05, 0) is 26.7 Å². The predicted molar refractivity (Wildman–Crippen MR) is 67.4 cm³/mol. The minimum atomic E-state index is 0.165. The number of ether oxygens (including phenoxy) is 1. The first kappa shape index (κ1) is 15.2. The van der Waals surface area contributed by atoms with Crippen molar-refractivity contribution < 1.29 is 9.53 Å². The topological polar surface area (TPSA) is 38.3 Å². The molecule has 0 fully saturated rings. The number of nitrogens with one attached hydrogen (secondary N) is 1. The van der Waals surface area contributed by atoms with E-state index in [2.05, 4.69) is 11.9 Å². The van der Waals surface area contributed by atoms with Gasteiger partial charge in [0.2, 0.25) is 5.91 Å². The molecule has 0 aromatic rings. The van der Waals surface area contributed by atoms with Crippen LogP contribution < -0.4 is 5.32 Å². The summed E-state index contributed by atoms with van der Waals surface area (Å²) in [4.78, 5) is 11.3. The number of amides is 1. The van der Waals surface area contributed by atoms with Crippen LogP contribution in [0.15, 0.2) is 12.7 Å². The lowest BCUT2D eigenvalue weighted by molar-refractivity contribution is -0.121. The van der Waals surface area contributed by atoms with Gasteiger partial charge in [0.25, 0.3) is 0 Å². The van der Waals surface area contributed by atoms with Crippen LogP contribution in [0.25, 0.3) is 0 Å². The molecule has 0 atom stereocenters. The van der Waals surface area contributed by atoms with Crippen molar-refractivity contribution in [2.75, 3.05) is 13.2 Å². The minimum Gasteiger partial charge on any atom is -0.377 e. The number of hydrogen-bond acceptors (Lipinski definition) is 2. The van der Waals surface area contributed by atoms with Crippen LogP contribution in [-0.4, -0.2) is 25.2 Å². The zero-order valence-corrected chi connectivity index (χ0v) is 10.6. The van der Waals surface area contributed by atoms with Crippen LogP contribution in [0.4, 0.5) is 0 Å². The van der Waals surface area contributed by atoms with Crippen LogP contribution in [0.2, 0.25) is 0 Å². The second-order valence-corrected chi connectivity index (χ2v) is 4.25. The van der Waals surface area contributed by atoms with Crippen molar-refractivity contribution in [3.05, 3.63) is 12.7 Å². The summed E-state index contributed by atoms with van der Waals surface area (Å²) < 4.78 is 5.27. The summed E-state index contributed by atoms with van der Waals surface area (Å²) in [5, 5.41) is 2.89. The Kier molecular flexibility index (Phi) is 10.1. The molecular weight excluding hydrogens is 202 g/mol. The molecule has 0 aromatic heterocycles. The maximum absolute atomic E-state index is 11.3. The molecule has 0 saturated carbocycles. The van der Waals surface area contributed by atoms with Crippen LogP contribution >= 0.6 is 0 Å². The highest BCUT2D eigenvalue weighted by atomic mass is 16.5. The third-order valence-electron chi connectivity index (χ3n) is 2.13. The summed E-state index contributed by atoms with van der Waals surface area (Å²) >= 11 is 0. The Morgan fingerprint density at radius 2 is 2.00 bits per heavy atom. The lowest BCUT2D eigenvalue weighted by atomic mass is 10.1. The molecule has 0 bridgehead atoms. The molecule has 0 aliphatic rings. The second-order valence-electron chi connectivity index (χ2n) is 4.25. The first-order chi connectivity index (χ1) is 7.66. The fourth-order valence-electron chi connectivity index (χ4n) is 1.40. The Balaban J connectivity index is 3.14. The van der Waals surface area contributed by atoms with Crippen molar-refractivity contribution in [2.24, 2.45) is 0 Å². The van der Waals surface area contributed by atoms with Gasteiger partial charge < -0.3 is 10.1 Å². The van der Waals surface area contributed by atoms with Gasteiger partial charge in [0.15, 0.2) is 0 Å². The van der Waals surface area contributed by atoms with Gasteiger partial charge in [-0.15, -0.1) is 6.58 Å². The van der Waals surface area contributed by atoms with Crippen molar-refractivity contribution in [1.82, 2.24) is 5.32 Å². The van der Waals surface area contributed by atoms with E-state index in [0.29, 0.717) is 13.0 Å². The quantitative estimate of drug-likeness (QED) is 0.460. The van der Waals surface area contributed by atoms with Gasteiger partial charge in [-0.25, -0.2) is 0 Å². The fraction of sp³-hybridized carbons (Fsp3) is 0.769. The highest BCUT2D eigenvalue weighted by molar-refractivity contribution is 5.76. The third kappa shape index (κ3) is 11.2. The summed E-state index contributed by atoms with van der Waals surface area (Å²) in [5.74, 6) is 0.165. The molecule has 0 radical (unpaired) electrons. The van der Waals surface area contributed by atoms with Crippen LogP contribution in [0, 0.1) is 0 Å². The molecule has 0 spiro atoms. The van der Waals surface area contributed by atoms with E-state index in [9.17, 15) is 4.79 Å². The molecule has 1 N–H and O–H groups in total. The number of unbranched alkanes of at least 4 members (excludes halogenated alkanes) is 3. The van der Waals surface area contributed by atoms with Gasteiger partial charge in [0.1, 0.15) is 0 Å². The number of carbonyl (C=O) groups excluding carboxylic acids is 1. The molecular formula is C13H25NO2. The van der Waals surface area contributed by atoms with Gasteiger partial charge in [-0.3, -0.25) is 4.79 Å². The minimum absolute atomic E-state index is 0.165. The van der Waals surface area contributed by atoms with Crippen LogP contribution in [0.1, 0.15) is 46.0 Å². The largest absolute Gasteiger partial charge is 0.377 e. The summed E-state index contributed by atoms with van der Waals surface area (Å²) in [5.41, 5.74) is 0. The molecule has 0 rings (SSSR count). The monoisotopic (exact) mass is 227 g/mol. The zero-order chi connectivity index (χ0) is 12.2. The average Bonchev–Trinajstić information content (AvgIpc) is 2.21. The van der Waals surface area contributed by atoms with Crippen molar-refractivity contribution in [1.29, 1.82) is 0 Å². The van der Waals surface area contributed by atoms with Crippen molar-refractivity contribution >= 4 is 5.91 Å². The van der Waals surface area contributed by atoms with Crippen LogP contribution in [-0.2, 0) is 9.53 Å². The van der Waals surface area contributed by atoms with E-state index in [-0.39, 0.29) is 11.9 Å². The first-order valence-electron chi connectivity index (χ1n) is 6.14. The molecule has 0 saturated heterocycles. The standard InChI is InChI=1S/C13H25NO2/c1-4-10-16-11-8-6-5-7-9-13(15)14-12(2)3/h4,12H,1,5-11H2,2-3H3,(H,14,15). The molecule has 94 valence electrons.